The highest BCUT2D eigenvalue weighted by molar-refractivity contribution is 5.60. The summed E-state index contributed by atoms with van der Waals surface area (Å²) in [7, 11) is 1.67. The van der Waals surface area contributed by atoms with Gasteiger partial charge in [0.15, 0.2) is 0 Å². The van der Waals surface area contributed by atoms with Crippen molar-refractivity contribution in [3.63, 3.8) is 0 Å². The zero-order valence-electron chi connectivity index (χ0n) is 9.94. The molecule has 17 heavy (non-hydrogen) atoms. The largest absolute Gasteiger partial charge is 0.497 e. The molecule has 1 aromatic heterocycles. The summed E-state index contributed by atoms with van der Waals surface area (Å²) in [4.78, 5) is 7.63. The number of aryl methyl sites for hydroxylation is 1. The van der Waals surface area contributed by atoms with E-state index in [0.717, 1.165) is 35.7 Å². The Bertz CT molecular complexity index is 479. The molecule has 2 aromatic rings. The summed E-state index contributed by atoms with van der Waals surface area (Å²) in [5.41, 5.74) is 7.56. The van der Waals surface area contributed by atoms with Crippen LogP contribution in [0.25, 0.3) is 11.3 Å². The van der Waals surface area contributed by atoms with E-state index < -0.39 is 0 Å². The molecule has 2 rings (SSSR count). The monoisotopic (exact) mass is 231 g/mol. The smallest absolute Gasteiger partial charge is 0.119 e. The van der Waals surface area contributed by atoms with Crippen LogP contribution >= 0.6 is 0 Å². The first kappa shape index (κ1) is 11.7. The van der Waals surface area contributed by atoms with Crippen LogP contribution in [0.3, 0.4) is 0 Å². The second-order valence-electron chi connectivity index (χ2n) is 3.87. The molecule has 1 aromatic carbocycles. The molecule has 3 N–H and O–H groups in total. The van der Waals surface area contributed by atoms with E-state index in [0.29, 0.717) is 6.54 Å². The van der Waals surface area contributed by atoms with Gasteiger partial charge in [-0.05, 0) is 25.1 Å². The van der Waals surface area contributed by atoms with E-state index in [1.165, 1.54) is 0 Å². The van der Waals surface area contributed by atoms with Gasteiger partial charge in [0.25, 0.3) is 0 Å². The number of benzene rings is 1. The molecule has 1 heterocycles. The first-order valence-corrected chi connectivity index (χ1v) is 5.72. The van der Waals surface area contributed by atoms with E-state index in [1.807, 2.05) is 30.5 Å². The molecule has 4 heteroatoms. The van der Waals surface area contributed by atoms with Crippen LogP contribution in [0.2, 0.25) is 0 Å². The molecule has 90 valence electrons. The summed E-state index contributed by atoms with van der Waals surface area (Å²) in [6.45, 7) is 0.690. The lowest BCUT2D eigenvalue weighted by molar-refractivity contribution is 0.415. The second kappa shape index (κ2) is 5.50. The molecule has 0 radical (unpaired) electrons. The predicted molar refractivity (Wildman–Crippen MR) is 68.0 cm³/mol. The molecule has 0 aliphatic rings. The van der Waals surface area contributed by atoms with Gasteiger partial charge in [-0.25, -0.2) is 4.98 Å². The van der Waals surface area contributed by atoms with Crippen molar-refractivity contribution in [3.8, 4) is 17.0 Å². The van der Waals surface area contributed by atoms with Crippen LogP contribution in [0.1, 0.15) is 12.2 Å². The topological polar surface area (TPSA) is 63.9 Å². The molecule has 0 atom stereocenters. The first-order valence-electron chi connectivity index (χ1n) is 5.72. The summed E-state index contributed by atoms with van der Waals surface area (Å²) in [6.07, 6.45) is 3.69. The number of methoxy groups -OCH3 is 1. The fourth-order valence-corrected chi connectivity index (χ4v) is 1.70. The maximum absolute atomic E-state index is 5.47. The van der Waals surface area contributed by atoms with Gasteiger partial charge in [-0.15, -0.1) is 0 Å². The third kappa shape index (κ3) is 2.85. The molecule has 0 spiro atoms. The SMILES string of the molecule is COc1cccc(-c2cnc(CCCN)[nH]2)c1. The Kier molecular flexibility index (Phi) is 3.77. The Balaban J connectivity index is 2.18. The highest BCUT2D eigenvalue weighted by Crippen LogP contribution is 2.22. The van der Waals surface area contributed by atoms with Gasteiger partial charge in [-0.2, -0.15) is 0 Å². The molecule has 0 unspecified atom stereocenters. The molecule has 0 aliphatic carbocycles. The van der Waals surface area contributed by atoms with E-state index >= 15 is 0 Å². The number of nitrogens with one attached hydrogen (secondary N) is 1. The minimum absolute atomic E-state index is 0.690. The molecule has 0 saturated heterocycles. The zero-order chi connectivity index (χ0) is 12.1. The van der Waals surface area contributed by atoms with Crippen molar-refractivity contribution in [1.82, 2.24) is 9.97 Å². The molecule has 0 saturated carbocycles. The lowest BCUT2D eigenvalue weighted by Gasteiger charge is -2.02. The minimum Gasteiger partial charge on any atom is -0.497 e. The molecular weight excluding hydrogens is 214 g/mol. The van der Waals surface area contributed by atoms with Crippen molar-refractivity contribution in [3.05, 3.63) is 36.3 Å². The highest BCUT2D eigenvalue weighted by atomic mass is 16.5. The van der Waals surface area contributed by atoms with Crippen molar-refractivity contribution < 1.29 is 4.74 Å². The third-order valence-corrected chi connectivity index (χ3v) is 2.63. The summed E-state index contributed by atoms with van der Waals surface area (Å²) in [5.74, 6) is 1.83. The van der Waals surface area contributed by atoms with Gasteiger partial charge in [0.1, 0.15) is 11.6 Å². The minimum atomic E-state index is 0.690. The van der Waals surface area contributed by atoms with Gasteiger partial charge in [0.2, 0.25) is 0 Å². The predicted octanol–water partition coefficient (Wildman–Crippen LogP) is 1.98. The first-order chi connectivity index (χ1) is 8.33. The van der Waals surface area contributed by atoms with Gasteiger partial charge in [-0.1, -0.05) is 12.1 Å². The number of rotatable bonds is 5. The Labute approximate surface area is 101 Å². The number of hydrogen-bond donors (Lipinski definition) is 2. The molecule has 0 amide bonds. The Morgan fingerprint density at radius 1 is 1.41 bits per heavy atom. The van der Waals surface area contributed by atoms with Gasteiger partial charge in [0.05, 0.1) is 19.0 Å². The second-order valence-corrected chi connectivity index (χ2v) is 3.87. The summed E-state index contributed by atoms with van der Waals surface area (Å²) >= 11 is 0. The number of ether oxygens (including phenoxy) is 1. The molecular formula is C13H17N3O. The van der Waals surface area contributed by atoms with E-state index in [1.54, 1.807) is 7.11 Å². The maximum atomic E-state index is 5.47. The van der Waals surface area contributed by atoms with Crippen molar-refractivity contribution in [2.75, 3.05) is 13.7 Å². The average molecular weight is 231 g/mol. The van der Waals surface area contributed by atoms with Crippen LogP contribution in [0.4, 0.5) is 0 Å². The molecule has 0 bridgehead atoms. The summed E-state index contributed by atoms with van der Waals surface area (Å²) in [5, 5.41) is 0. The Hall–Kier alpha value is -1.81. The van der Waals surface area contributed by atoms with Gasteiger partial charge in [-0.3, -0.25) is 0 Å². The van der Waals surface area contributed by atoms with Crippen molar-refractivity contribution in [2.45, 2.75) is 12.8 Å². The van der Waals surface area contributed by atoms with Crippen LogP contribution in [0, 0.1) is 0 Å². The molecule has 0 fully saturated rings. The van der Waals surface area contributed by atoms with Crippen LogP contribution in [-0.2, 0) is 6.42 Å². The van der Waals surface area contributed by atoms with Gasteiger partial charge < -0.3 is 15.5 Å². The van der Waals surface area contributed by atoms with Crippen molar-refractivity contribution in [2.24, 2.45) is 5.73 Å². The normalized spacial score (nSPS) is 10.5. The number of aromatic nitrogens is 2. The Morgan fingerprint density at radius 3 is 3.06 bits per heavy atom. The number of imidazole rings is 1. The standard InChI is InChI=1S/C13H17N3O/c1-17-11-5-2-4-10(8-11)12-9-15-13(16-12)6-3-7-14/h2,4-5,8-9H,3,6-7,14H2,1H3,(H,15,16). The molecule has 4 nitrogen and oxygen atoms in total. The summed E-state index contributed by atoms with van der Waals surface area (Å²) < 4.78 is 5.20. The lowest BCUT2D eigenvalue weighted by Crippen LogP contribution is -2.01. The average Bonchev–Trinajstić information content (AvgIpc) is 2.85. The number of H-pyrrole nitrogens is 1. The quantitative estimate of drug-likeness (QED) is 0.827. The van der Waals surface area contributed by atoms with E-state index in [2.05, 4.69) is 9.97 Å². The number of hydrogen-bond acceptors (Lipinski definition) is 3. The molecule has 0 aliphatic heterocycles. The van der Waals surface area contributed by atoms with Gasteiger partial charge in [0, 0.05) is 12.0 Å². The number of aromatic amines is 1. The third-order valence-electron chi connectivity index (χ3n) is 2.63. The van der Waals surface area contributed by atoms with Crippen molar-refractivity contribution in [1.29, 1.82) is 0 Å². The van der Waals surface area contributed by atoms with Crippen LogP contribution in [0.5, 0.6) is 5.75 Å². The number of nitrogens with two attached hydrogens (primary N) is 1. The van der Waals surface area contributed by atoms with Crippen molar-refractivity contribution >= 4 is 0 Å². The Morgan fingerprint density at radius 2 is 2.29 bits per heavy atom. The summed E-state index contributed by atoms with van der Waals surface area (Å²) in [6, 6.07) is 7.91. The zero-order valence-corrected chi connectivity index (χ0v) is 9.94. The lowest BCUT2D eigenvalue weighted by atomic mass is 10.1. The van der Waals surface area contributed by atoms with Crippen LogP contribution in [-0.4, -0.2) is 23.6 Å². The highest BCUT2D eigenvalue weighted by Gasteiger charge is 2.03. The number of nitrogens with zero attached hydrogens (tertiary/aromatic N) is 1. The van der Waals surface area contributed by atoms with E-state index in [9.17, 15) is 0 Å². The van der Waals surface area contributed by atoms with E-state index in [4.69, 9.17) is 10.5 Å². The van der Waals surface area contributed by atoms with Crippen LogP contribution in [0.15, 0.2) is 30.5 Å². The fraction of sp³-hybridized carbons (Fsp3) is 0.308. The maximum Gasteiger partial charge on any atom is 0.119 e. The van der Waals surface area contributed by atoms with E-state index in [-0.39, 0.29) is 0 Å². The van der Waals surface area contributed by atoms with Crippen LogP contribution < -0.4 is 10.5 Å². The van der Waals surface area contributed by atoms with Gasteiger partial charge >= 0.3 is 0 Å². The fourth-order valence-electron chi connectivity index (χ4n) is 1.70.